The fourth-order valence-corrected chi connectivity index (χ4v) is 5.77. The van der Waals surface area contributed by atoms with Crippen molar-refractivity contribution in [2.75, 3.05) is 26.2 Å². The lowest BCUT2D eigenvalue weighted by Gasteiger charge is -2.47. The Morgan fingerprint density at radius 3 is 2.77 bits per heavy atom. The normalized spacial score (nSPS) is 23.4. The first-order valence-corrected chi connectivity index (χ1v) is 11.6. The van der Waals surface area contributed by atoms with Crippen molar-refractivity contribution in [3.8, 4) is 0 Å². The molecule has 0 saturated carbocycles. The van der Waals surface area contributed by atoms with Crippen molar-refractivity contribution < 1.29 is 9.90 Å². The first-order valence-electron chi connectivity index (χ1n) is 11.2. The topological polar surface area (TPSA) is 71.6 Å². The summed E-state index contributed by atoms with van der Waals surface area (Å²) in [5, 5.41) is 15.0. The van der Waals surface area contributed by atoms with Crippen LogP contribution >= 0.6 is 11.6 Å². The second kappa shape index (κ2) is 8.77. The van der Waals surface area contributed by atoms with Gasteiger partial charge in [-0.05, 0) is 62.4 Å². The van der Waals surface area contributed by atoms with Gasteiger partial charge < -0.3 is 20.3 Å². The van der Waals surface area contributed by atoms with E-state index in [0.717, 1.165) is 43.4 Å². The molecule has 0 radical (unpaired) electrons. The number of hydrogen-bond donors (Lipinski definition) is 3. The molecule has 1 saturated heterocycles. The summed E-state index contributed by atoms with van der Waals surface area (Å²) in [7, 11) is 0. The zero-order chi connectivity index (χ0) is 21.4. The molecule has 7 heteroatoms. The van der Waals surface area contributed by atoms with Crippen LogP contribution in [0.4, 0.5) is 4.79 Å². The number of halogens is 1. The number of aromatic nitrogens is 1. The molecule has 1 fully saturated rings. The predicted octanol–water partition coefficient (Wildman–Crippen LogP) is 3.86. The third-order valence-electron chi connectivity index (χ3n) is 6.85. The first-order chi connectivity index (χ1) is 14.5. The molecule has 1 aliphatic carbocycles. The summed E-state index contributed by atoms with van der Waals surface area (Å²) in [6.45, 7) is 9.52. The monoisotopic (exact) mass is 432 g/mol. The average Bonchev–Trinajstić information content (AvgIpc) is 3.05. The van der Waals surface area contributed by atoms with E-state index < -0.39 is 0 Å². The zero-order valence-electron chi connectivity index (χ0n) is 18.2. The molecule has 0 unspecified atom stereocenters. The molecule has 4 rings (SSSR count). The number of H-pyrrole nitrogens is 1. The van der Waals surface area contributed by atoms with E-state index in [1.54, 1.807) is 0 Å². The Kier molecular flexibility index (Phi) is 6.28. The van der Waals surface area contributed by atoms with E-state index in [0.29, 0.717) is 30.2 Å². The summed E-state index contributed by atoms with van der Waals surface area (Å²) in [6, 6.07) is 4.64. The maximum Gasteiger partial charge on any atom is 0.317 e. The van der Waals surface area contributed by atoms with Gasteiger partial charge in [0, 0.05) is 48.5 Å². The number of carbonyl (C=O) groups is 1. The Bertz CT molecular complexity index is 924. The highest BCUT2D eigenvalue weighted by molar-refractivity contribution is 6.32. The van der Waals surface area contributed by atoms with E-state index >= 15 is 0 Å². The summed E-state index contributed by atoms with van der Waals surface area (Å²) >= 11 is 6.59. The number of rotatable bonds is 6. The maximum absolute atomic E-state index is 12.7. The Balaban J connectivity index is 1.71. The number of urea groups is 1. The second-order valence-electron chi connectivity index (χ2n) is 8.61. The van der Waals surface area contributed by atoms with Crippen LogP contribution in [0.3, 0.4) is 0 Å². The van der Waals surface area contributed by atoms with Crippen molar-refractivity contribution in [1.29, 1.82) is 0 Å². The van der Waals surface area contributed by atoms with Crippen LogP contribution in [-0.2, 0) is 13.0 Å². The lowest BCUT2D eigenvalue weighted by Crippen LogP contribution is -2.57. The number of nitrogens with one attached hydrogen (secondary N) is 2. The van der Waals surface area contributed by atoms with Crippen LogP contribution < -0.4 is 5.32 Å². The molecule has 30 heavy (non-hydrogen) atoms. The van der Waals surface area contributed by atoms with Gasteiger partial charge in [0.25, 0.3) is 0 Å². The molecule has 1 aromatic carbocycles. The number of amides is 2. The van der Waals surface area contributed by atoms with Gasteiger partial charge in [-0.3, -0.25) is 4.90 Å². The molecule has 1 aliphatic heterocycles. The number of nitrogens with zero attached hydrogens (tertiary/aromatic N) is 2. The van der Waals surface area contributed by atoms with Crippen molar-refractivity contribution in [2.24, 2.45) is 0 Å². The number of aromatic amines is 1. The molecular formula is C23H33ClN4O2. The van der Waals surface area contributed by atoms with Crippen LogP contribution in [0, 0.1) is 0 Å². The molecule has 3 atom stereocenters. The van der Waals surface area contributed by atoms with E-state index in [4.69, 9.17) is 11.6 Å². The van der Waals surface area contributed by atoms with Gasteiger partial charge in [-0.15, -0.1) is 0 Å². The fraction of sp³-hybridized carbons (Fsp3) is 0.609. The van der Waals surface area contributed by atoms with Gasteiger partial charge in [-0.1, -0.05) is 24.6 Å². The van der Waals surface area contributed by atoms with Crippen LogP contribution in [0.15, 0.2) is 12.1 Å². The maximum atomic E-state index is 12.7. The molecule has 0 bridgehead atoms. The van der Waals surface area contributed by atoms with Crippen molar-refractivity contribution in [2.45, 2.75) is 64.6 Å². The summed E-state index contributed by atoms with van der Waals surface area (Å²) in [5.74, 6) is 0.306. The van der Waals surface area contributed by atoms with Gasteiger partial charge in [0.05, 0.1) is 6.61 Å². The minimum atomic E-state index is 0.00704. The highest BCUT2D eigenvalue weighted by atomic mass is 35.5. The number of fused-ring (bicyclic) bond motifs is 2. The largest absolute Gasteiger partial charge is 0.392 e. The number of piperidine rings is 1. The number of likely N-dealkylation sites (tertiary alicyclic amines) is 1. The Labute approximate surface area is 183 Å². The quantitative estimate of drug-likeness (QED) is 0.649. The van der Waals surface area contributed by atoms with Gasteiger partial charge in [0.1, 0.15) is 5.15 Å². The SMILES string of the molecule is CCCN1C[C@@H](NC(=O)N(CC)CC)C[C@@H]2c3cc(CO)cc4[nH]c(Cl)c(c34)C[C@H]21. The minimum Gasteiger partial charge on any atom is -0.392 e. The van der Waals surface area contributed by atoms with Crippen molar-refractivity contribution in [1.82, 2.24) is 20.1 Å². The number of aliphatic hydroxyl groups is 1. The molecule has 2 aromatic rings. The zero-order valence-corrected chi connectivity index (χ0v) is 18.9. The van der Waals surface area contributed by atoms with Gasteiger partial charge >= 0.3 is 6.03 Å². The summed E-state index contributed by atoms with van der Waals surface area (Å²) in [4.78, 5) is 20.4. The Morgan fingerprint density at radius 1 is 1.33 bits per heavy atom. The van der Waals surface area contributed by atoms with E-state index in [9.17, 15) is 9.90 Å². The second-order valence-corrected chi connectivity index (χ2v) is 8.99. The smallest absolute Gasteiger partial charge is 0.317 e. The van der Waals surface area contributed by atoms with Crippen molar-refractivity contribution >= 4 is 28.5 Å². The van der Waals surface area contributed by atoms with Crippen LogP contribution in [-0.4, -0.2) is 64.2 Å². The fourth-order valence-electron chi connectivity index (χ4n) is 5.49. The number of hydrogen-bond acceptors (Lipinski definition) is 3. The molecule has 2 aliphatic rings. The average molecular weight is 433 g/mol. The molecular weight excluding hydrogens is 400 g/mol. The minimum absolute atomic E-state index is 0.00704. The summed E-state index contributed by atoms with van der Waals surface area (Å²) in [5.41, 5.74) is 4.36. The third kappa shape index (κ3) is 3.70. The lowest BCUT2D eigenvalue weighted by molar-refractivity contribution is 0.0979. The Morgan fingerprint density at radius 2 is 2.10 bits per heavy atom. The van der Waals surface area contributed by atoms with E-state index in [-0.39, 0.29) is 18.7 Å². The third-order valence-corrected chi connectivity index (χ3v) is 7.17. The predicted molar refractivity (Wildman–Crippen MR) is 121 cm³/mol. The lowest BCUT2D eigenvalue weighted by atomic mass is 9.73. The molecule has 164 valence electrons. The van der Waals surface area contributed by atoms with E-state index in [1.165, 1.54) is 16.5 Å². The summed E-state index contributed by atoms with van der Waals surface area (Å²) in [6.07, 6.45) is 2.90. The van der Waals surface area contributed by atoms with Crippen LogP contribution in [0.2, 0.25) is 5.15 Å². The van der Waals surface area contributed by atoms with Crippen molar-refractivity contribution in [3.63, 3.8) is 0 Å². The molecule has 2 amide bonds. The van der Waals surface area contributed by atoms with Crippen LogP contribution in [0.5, 0.6) is 0 Å². The number of carbonyl (C=O) groups excluding carboxylic acids is 1. The van der Waals surface area contributed by atoms with Gasteiger partial charge in [-0.25, -0.2) is 4.79 Å². The van der Waals surface area contributed by atoms with Crippen molar-refractivity contribution in [3.05, 3.63) is 34.0 Å². The molecule has 6 nitrogen and oxygen atoms in total. The van der Waals surface area contributed by atoms with Gasteiger partial charge in [0.2, 0.25) is 0 Å². The number of benzene rings is 1. The van der Waals surface area contributed by atoms with Gasteiger partial charge in [0.15, 0.2) is 0 Å². The first kappa shape index (κ1) is 21.5. The molecule has 3 N–H and O–H groups in total. The molecule has 2 heterocycles. The van der Waals surface area contributed by atoms with E-state index in [1.807, 2.05) is 24.8 Å². The van der Waals surface area contributed by atoms with Crippen LogP contribution in [0.1, 0.15) is 56.2 Å². The highest BCUT2D eigenvalue weighted by Gasteiger charge is 2.42. The Hall–Kier alpha value is -1.76. The standard InChI is InChI=1S/C23H33ClN4O2/c1-4-7-28-12-15(25-23(30)27(5-2)6-3)10-16-17-8-14(13-29)9-19-21(17)18(11-20(16)28)22(24)26-19/h8-9,15-16,20,26,29H,4-7,10-13H2,1-3H3,(H,25,30)/t15-,16+,20+/m0/s1. The highest BCUT2D eigenvalue weighted by Crippen LogP contribution is 2.46. The summed E-state index contributed by atoms with van der Waals surface area (Å²) < 4.78 is 0. The number of aliphatic hydroxyl groups excluding tert-OH is 1. The van der Waals surface area contributed by atoms with E-state index in [2.05, 4.69) is 28.2 Å². The van der Waals surface area contributed by atoms with Crippen LogP contribution in [0.25, 0.3) is 10.9 Å². The molecule has 0 spiro atoms. The van der Waals surface area contributed by atoms with Gasteiger partial charge in [-0.2, -0.15) is 0 Å². The molecule has 1 aromatic heterocycles.